The topological polar surface area (TPSA) is 27.7 Å². The highest BCUT2D eigenvalue weighted by molar-refractivity contribution is 5.56. The first-order valence-electron chi connectivity index (χ1n) is 12.2. The van der Waals surface area contributed by atoms with Crippen molar-refractivity contribution >= 4 is 0 Å². The zero-order valence-electron chi connectivity index (χ0n) is 22.7. The van der Waals surface area contributed by atoms with Gasteiger partial charge in [-0.1, -0.05) is 95.2 Å². The van der Waals surface area contributed by atoms with Crippen molar-refractivity contribution in [1.29, 1.82) is 0 Å². The average Bonchev–Trinajstić information content (AvgIpc) is 2.63. The van der Waals surface area contributed by atoms with Crippen LogP contribution < -0.4 is 9.47 Å². The summed E-state index contributed by atoms with van der Waals surface area (Å²) in [6.45, 7) is 26.9. The molecule has 0 aliphatic carbocycles. The Bertz CT molecular complexity index is 994. The van der Waals surface area contributed by atoms with Crippen molar-refractivity contribution in [3.05, 3.63) is 57.6 Å². The van der Waals surface area contributed by atoms with Gasteiger partial charge in [0.15, 0.2) is 0 Å². The molecule has 0 N–H and O–H groups in total. The van der Waals surface area contributed by atoms with Crippen LogP contribution in [0.3, 0.4) is 0 Å². The number of rotatable bonds is 0. The molecule has 3 heteroatoms. The molecule has 0 amide bonds. The Morgan fingerprint density at radius 3 is 1.09 bits per heavy atom. The summed E-state index contributed by atoms with van der Waals surface area (Å²) in [4.78, 5) is 0. The van der Waals surface area contributed by atoms with Gasteiger partial charge in [-0.2, -0.15) is 0 Å². The van der Waals surface area contributed by atoms with Gasteiger partial charge in [-0.25, -0.2) is 0 Å². The molecule has 4 rings (SSSR count). The minimum Gasteiger partial charge on any atom is -0.459 e. The lowest BCUT2D eigenvalue weighted by Crippen LogP contribution is -2.34. The Morgan fingerprint density at radius 2 is 0.818 bits per heavy atom. The molecule has 0 unspecified atom stereocenters. The van der Waals surface area contributed by atoms with Crippen LogP contribution in [0.4, 0.5) is 0 Å². The second-order valence-electron chi connectivity index (χ2n) is 13.9. The van der Waals surface area contributed by atoms with E-state index in [1.165, 1.54) is 22.3 Å². The van der Waals surface area contributed by atoms with E-state index in [-0.39, 0.29) is 21.7 Å². The zero-order valence-corrected chi connectivity index (χ0v) is 22.7. The molecule has 0 aromatic heterocycles. The van der Waals surface area contributed by atoms with E-state index in [9.17, 15) is 0 Å². The van der Waals surface area contributed by atoms with E-state index in [0.29, 0.717) is 0 Å². The van der Waals surface area contributed by atoms with Gasteiger partial charge in [-0.3, -0.25) is 4.74 Å². The molecular weight excluding hydrogens is 408 g/mol. The first-order chi connectivity index (χ1) is 14.9. The third kappa shape index (κ3) is 4.30. The number of ether oxygens (including phenoxy) is 3. The molecule has 2 aliphatic heterocycles. The smallest absolute Gasteiger partial charge is 0.233 e. The summed E-state index contributed by atoms with van der Waals surface area (Å²) in [5.41, 5.74) is 6.83. The van der Waals surface area contributed by atoms with E-state index in [1.54, 1.807) is 0 Å². The van der Waals surface area contributed by atoms with Crippen molar-refractivity contribution in [2.24, 2.45) is 0 Å². The molecule has 180 valence electrons. The standard InChI is InChI=1S/C30H42O3/c1-27(2,3)17-13-19-23(21(15-17)29(7,8)9)31-26-20-14-18(28(4,5)6)16-22(30(10,11)12)24(20)32-25(19)33-26/h13-16,25-26H,1-12H3/t25-,26-/m1/s1. The van der Waals surface area contributed by atoms with Gasteiger partial charge >= 0.3 is 0 Å². The largest absolute Gasteiger partial charge is 0.459 e. The van der Waals surface area contributed by atoms with Gasteiger partial charge in [0.05, 0.1) is 11.1 Å². The lowest BCUT2D eigenvalue weighted by molar-refractivity contribution is -0.228. The third-order valence-corrected chi connectivity index (χ3v) is 6.79. The van der Waals surface area contributed by atoms with Gasteiger partial charge in [0.25, 0.3) is 0 Å². The van der Waals surface area contributed by atoms with E-state index < -0.39 is 12.6 Å². The summed E-state index contributed by atoms with van der Waals surface area (Å²) in [7, 11) is 0. The predicted molar refractivity (Wildman–Crippen MR) is 136 cm³/mol. The molecule has 33 heavy (non-hydrogen) atoms. The fourth-order valence-electron chi connectivity index (χ4n) is 4.55. The highest BCUT2D eigenvalue weighted by atomic mass is 16.8. The summed E-state index contributed by atoms with van der Waals surface area (Å²) in [5.74, 6) is 1.83. The lowest BCUT2D eigenvalue weighted by atomic mass is 9.77. The molecule has 2 atom stereocenters. The van der Waals surface area contributed by atoms with Gasteiger partial charge in [-0.15, -0.1) is 0 Å². The molecule has 0 spiro atoms. The predicted octanol–water partition coefficient (Wildman–Crippen LogP) is 8.38. The molecule has 3 nitrogen and oxygen atoms in total. The molecule has 2 aliphatic rings. The summed E-state index contributed by atoms with van der Waals surface area (Å²) in [6, 6.07) is 9.06. The normalized spacial score (nSPS) is 20.5. The molecule has 0 saturated carbocycles. The van der Waals surface area contributed by atoms with Gasteiger partial charge in [0.1, 0.15) is 11.5 Å². The van der Waals surface area contributed by atoms with Crippen molar-refractivity contribution in [1.82, 2.24) is 0 Å². The van der Waals surface area contributed by atoms with Gasteiger partial charge in [0.2, 0.25) is 12.6 Å². The number of fused-ring (bicyclic) bond motifs is 6. The number of hydrogen-bond donors (Lipinski definition) is 0. The van der Waals surface area contributed by atoms with E-state index in [0.717, 1.165) is 22.6 Å². The Labute approximate surface area is 200 Å². The number of benzene rings is 2. The second-order valence-corrected chi connectivity index (χ2v) is 13.9. The maximum Gasteiger partial charge on any atom is 0.233 e. The van der Waals surface area contributed by atoms with Crippen LogP contribution in [0, 0.1) is 0 Å². The monoisotopic (exact) mass is 450 g/mol. The fourth-order valence-corrected chi connectivity index (χ4v) is 4.55. The lowest BCUT2D eigenvalue weighted by Gasteiger charge is -2.42. The fraction of sp³-hybridized carbons (Fsp3) is 0.600. The summed E-state index contributed by atoms with van der Waals surface area (Å²) in [6.07, 6.45) is -0.951. The molecule has 2 aromatic carbocycles. The minimum absolute atomic E-state index is 0.0105. The first kappa shape index (κ1) is 24.1. The quantitative estimate of drug-likeness (QED) is 0.403. The average molecular weight is 451 g/mol. The van der Waals surface area contributed by atoms with Crippen molar-refractivity contribution in [2.75, 3.05) is 0 Å². The van der Waals surface area contributed by atoms with Crippen molar-refractivity contribution in [2.45, 2.75) is 117 Å². The molecule has 2 aromatic rings. The van der Waals surface area contributed by atoms with Crippen molar-refractivity contribution in [3.63, 3.8) is 0 Å². The molecule has 0 saturated heterocycles. The van der Waals surface area contributed by atoms with Gasteiger partial charge < -0.3 is 9.47 Å². The minimum atomic E-state index is -0.476. The van der Waals surface area contributed by atoms with Crippen LogP contribution in [-0.2, 0) is 26.4 Å². The Morgan fingerprint density at radius 1 is 0.485 bits per heavy atom. The van der Waals surface area contributed by atoms with Crippen LogP contribution in [0.15, 0.2) is 24.3 Å². The van der Waals surface area contributed by atoms with Crippen LogP contribution in [0.1, 0.15) is 129 Å². The maximum atomic E-state index is 6.69. The Balaban J connectivity index is 1.94. The Kier molecular flexibility index (Phi) is 5.30. The second kappa shape index (κ2) is 7.25. The molecule has 2 bridgehead atoms. The van der Waals surface area contributed by atoms with E-state index in [4.69, 9.17) is 14.2 Å². The van der Waals surface area contributed by atoms with Gasteiger partial charge in [-0.05, 0) is 44.9 Å². The summed E-state index contributed by atoms with van der Waals surface area (Å²) >= 11 is 0. The highest BCUT2D eigenvalue weighted by Crippen LogP contribution is 2.54. The molecular formula is C30H42O3. The van der Waals surface area contributed by atoms with E-state index >= 15 is 0 Å². The number of hydrogen-bond acceptors (Lipinski definition) is 3. The first-order valence-corrected chi connectivity index (χ1v) is 12.2. The SMILES string of the molecule is CC(C)(C)c1cc2c(c(C(C)(C)C)c1)O[C@@H]1O[C@H]2Oc2c1cc(C(C)(C)C)cc2C(C)(C)C. The van der Waals surface area contributed by atoms with E-state index in [1.807, 2.05) is 0 Å². The molecule has 2 heterocycles. The molecule has 0 radical (unpaired) electrons. The summed E-state index contributed by atoms with van der Waals surface area (Å²) < 4.78 is 19.8. The zero-order chi connectivity index (χ0) is 24.7. The Hall–Kier alpha value is -2.00. The van der Waals surface area contributed by atoms with Crippen molar-refractivity contribution in [3.8, 4) is 11.5 Å². The van der Waals surface area contributed by atoms with Crippen LogP contribution in [0.25, 0.3) is 0 Å². The van der Waals surface area contributed by atoms with E-state index in [2.05, 4.69) is 107 Å². The van der Waals surface area contributed by atoms with Crippen LogP contribution >= 0.6 is 0 Å². The highest BCUT2D eigenvalue weighted by Gasteiger charge is 2.43. The third-order valence-electron chi connectivity index (χ3n) is 6.79. The van der Waals surface area contributed by atoms with Crippen LogP contribution in [0.2, 0.25) is 0 Å². The van der Waals surface area contributed by atoms with Gasteiger partial charge in [0, 0.05) is 11.1 Å². The van der Waals surface area contributed by atoms with Crippen molar-refractivity contribution < 1.29 is 14.2 Å². The van der Waals surface area contributed by atoms with Crippen LogP contribution in [-0.4, -0.2) is 0 Å². The molecule has 0 fully saturated rings. The maximum absolute atomic E-state index is 6.69. The summed E-state index contributed by atoms with van der Waals surface area (Å²) in [5, 5.41) is 0. The van der Waals surface area contributed by atoms with Crippen LogP contribution in [0.5, 0.6) is 11.5 Å².